The molecule has 4 aromatic rings. The van der Waals surface area contributed by atoms with Crippen LogP contribution in [0.1, 0.15) is 107 Å². The summed E-state index contributed by atoms with van der Waals surface area (Å²) in [4.78, 5) is 17.5. The second-order valence-electron chi connectivity index (χ2n) is 12.0. The van der Waals surface area contributed by atoms with E-state index in [-0.39, 0.29) is 5.97 Å². The van der Waals surface area contributed by atoms with E-state index in [0.717, 1.165) is 30.2 Å². The molecule has 1 heterocycles. The van der Waals surface area contributed by atoms with Gasteiger partial charge < -0.3 is 9.64 Å². The van der Waals surface area contributed by atoms with E-state index in [1.807, 2.05) is 29.5 Å². The lowest BCUT2D eigenvalue weighted by Crippen LogP contribution is -2.19. The Balaban J connectivity index is 1.34. The number of hydrogen-bond acceptors (Lipinski definition) is 4. The van der Waals surface area contributed by atoms with Gasteiger partial charge in [0.2, 0.25) is 0 Å². The Morgan fingerprint density at radius 3 is 1.95 bits per heavy atom. The summed E-state index contributed by atoms with van der Waals surface area (Å²) >= 11 is 1.83. The molecular formula is C39H51NO2S. The first kappa shape index (κ1) is 32.8. The number of hydrogen-bond donors (Lipinski definition) is 0. The maximum Gasteiger partial charge on any atom is 0.338 e. The number of unbranched alkanes of at least 4 members (excludes halogenated alkanes) is 10. The summed E-state index contributed by atoms with van der Waals surface area (Å²) in [6.07, 6.45) is 15.1. The van der Waals surface area contributed by atoms with Crippen molar-refractivity contribution in [3.05, 3.63) is 77.9 Å². The zero-order chi connectivity index (χ0) is 30.4. The van der Waals surface area contributed by atoms with Crippen LogP contribution < -0.4 is 4.90 Å². The Labute approximate surface area is 264 Å². The number of esters is 1. The molecule has 0 radical (unpaired) electrons. The molecule has 0 aliphatic heterocycles. The summed E-state index contributed by atoms with van der Waals surface area (Å²) in [5, 5.41) is 2.19. The molecule has 3 nitrogen and oxygen atoms in total. The zero-order valence-corrected chi connectivity index (χ0v) is 27.7. The molecule has 3 aromatic carbocycles. The van der Waals surface area contributed by atoms with Crippen LogP contribution in [0.15, 0.2) is 66.7 Å². The van der Waals surface area contributed by atoms with E-state index in [9.17, 15) is 4.79 Å². The van der Waals surface area contributed by atoms with Crippen LogP contribution in [0.5, 0.6) is 0 Å². The van der Waals surface area contributed by atoms with Gasteiger partial charge in [-0.15, -0.1) is 11.3 Å². The molecule has 0 bridgehead atoms. The molecule has 0 unspecified atom stereocenters. The number of nitrogens with zero attached hydrogens (tertiary/aromatic N) is 1. The van der Waals surface area contributed by atoms with E-state index in [2.05, 4.69) is 81.2 Å². The lowest BCUT2D eigenvalue weighted by molar-refractivity contribution is 0.0498. The second-order valence-corrected chi connectivity index (χ2v) is 13.1. The number of thiophene rings is 1. The molecule has 230 valence electrons. The minimum Gasteiger partial charge on any atom is -0.462 e. The second kappa shape index (κ2) is 17.3. The number of carbonyl (C=O) groups is 1. The van der Waals surface area contributed by atoms with Crippen LogP contribution in [0.2, 0.25) is 0 Å². The number of rotatable bonds is 18. The molecule has 0 amide bonds. The summed E-state index contributed by atoms with van der Waals surface area (Å²) in [5.41, 5.74) is 5.76. The van der Waals surface area contributed by atoms with Gasteiger partial charge in [0.15, 0.2) is 0 Å². The van der Waals surface area contributed by atoms with Gasteiger partial charge in [-0.3, -0.25) is 0 Å². The third kappa shape index (κ3) is 9.69. The van der Waals surface area contributed by atoms with E-state index in [4.69, 9.17) is 4.74 Å². The van der Waals surface area contributed by atoms with Gasteiger partial charge in [-0.05, 0) is 89.7 Å². The standard InChI is InChI=1S/C39H51NO2S/c1-5-7-9-11-13-15-25-40(4)36-22-21-33(27-30(36)3)37-23-24-38(43-37)34-19-17-32-29-35(20-18-31(32)28-34)39(41)42-26-16-14-12-10-8-6-2/h17-24,27-29H,5-16,25-26H2,1-4H3. The third-order valence-corrected chi connectivity index (χ3v) is 9.62. The number of anilines is 1. The Bertz CT molecular complexity index is 1440. The van der Waals surface area contributed by atoms with Gasteiger partial charge in [0.25, 0.3) is 0 Å². The molecule has 1 aromatic heterocycles. The first-order valence-corrected chi connectivity index (χ1v) is 17.4. The molecule has 43 heavy (non-hydrogen) atoms. The van der Waals surface area contributed by atoms with E-state index < -0.39 is 0 Å². The summed E-state index contributed by atoms with van der Waals surface area (Å²) in [5.74, 6) is -0.225. The molecule has 0 N–H and O–H groups in total. The largest absolute Gasteiger partial charge is 0.462 e. The molecule has 0 fully saturated rings. The topological polar surface area (TPSA) is 29.5 Å². The minimum atomic E-state index is -0.225. The fourth-order valence-electron chi connectivity index (χ4n) is 5.79. The predicted octanol–water partition coefficient (Wildman–Crippen LogP) is 11.9. The van der Waals surface area contributed by atoms with E-state index in [1.165, 1.54) is 96.3 Å². The average molecular weight is 598 g/mol. The van der Waals surface area contributed by atoms with Crippen LogP contribution in [0.25, 0.3) is 31.7 Å². The SMILES string of the molecule is CCCCCCCCOC(=O)c1ccc2cc(-c3ccc(-c4ccc(N(C)CCCCCCCC)c(C)c4)s3)ccc2c1. The van der Waals surface area contributed by atoms with Crippen LogP contribution in [-0.2, 0) is 4.74 Å². The fraction of sp³-hybridized carbons (Fsp3) is 0.462. The Morgan fingerprint density at radius 2 is 1.26 bits per heavy atom. The highest BCUT2D eigenvalue weighted by molar-refractivity contribution is 7.18. The van der Waals surface area contributed by atoms with Crippen molar-refractivity contribution < 1.29 is 9.53 Å². The lowest BCUT2D eigenvalue weighted by Gasteiger charge is -2.22. The maximum absolute atomic E-state index is 12.6. The van der Waals surface area contributed by atoms with Gasteiger partial charge in [-0.1, -0.05) is 102 Å². The molecule has 0 aliphatic rings. The van der Waals surface area contributed by atoms with E-state index in [0.29, 0.717) is 12.2 Å². The van der Waals surface area contributed by atoms with Crippen LogP contribution in [0.3, 0.4) is 0 Å². The number of fused-ring (bicyclic) bond motifs is 1. The van der Waals surface area contributed by atoms with Crippen LogP contribution in [-0.4, -0.2) is 26.2 Å². The van der Waals surface area contributed by atoms with Crippen molar-refractivity contribution in [2.45, 2.75) is 97.8 Å². The van der Waals surface area contributed by atoms with Crippen LogP contribution >= 0.6 is 11.3 Å². The minimum absolute atomic E-state index is 0.225. The van der Waals surface area contributed by atoms with Crippen molar-refractivity contribution in [1.29, 1.82) is 0 Å². The van der Waals surface area contributed by atoms with Crippen molar-refractivity contribution >= 4 is 33.8 Å². The molecule has 4 heteroatoms. The predicted molar refractivity (Wildman–Crippen MR) is 188 cm³/mol. The van der Waals surface area contributed by atoms with Crippen molar-refractivity contribution in [2.24, 2.45) is 0 Å². The van der Waals surface area contributed by atoms with Gasteiger partial charge >= 0.3 is 5.97 Å². The van der Waals surface area contributed by atoms with Gasteiger partial charge in [0.05, 0.1) is 12.2 Å². The Kier molecular flexibility index (Phi) is 13.2. The molecule has 0 saturated heterocycles. The van der Waals surface area contributed by atoms with Gasteiger partial charge in [-0.25, -0.2) is 4.79 Å². The normalized spacial score (nSPS) is 11.3. The van der Waals surface area contributed by atoms with Crippen LogP contribution in [0.4, 0.5) is 5.69 Å². The first-order valence-electron chi connectivity index (χ1n) is 16.6. The maximum atomic E-state index is 12.6. The summed E-state index contributed by atoms with van der Waals surface area (Å²) in [6, 6.07) is 23.7. The number of aryl methyl sites for hydroxylation is 1. The van der Waals surface area contributed by atoms with Gasteiger partial charge in [0.1, 0.15) is 0 Å². The van der Waals surface area contributed by atoms with E-state index >= 15 is 0 Å². The Morgan fingerprint density at radius 1 is 0.674 bits per heavy atom. The number of benzene rings is 3. The first-order chi connectivity index (χ1) is 21.0. The fourth-order valence-corrected chi connectivity index (χ4v) is 6.79. The van der Waals surface area contributed by atoms with Crippen molar-refractivity contribution in [1.82, 2.24) is 0 Å². The molecule has 0 spiro atoms. The van der Waals surface area contributed by atoms with Crippen molar-refractivity contribution in [3.8, 4) is 20.9 Å². The summed E-state index contributed by atoms with van der Waals surface area (Å²) in [7, 11) is 2.22. The molecule has 0 saturated carbocycles. The van der Waals surface area contributed by atoms with Gasteiger partial charge in [-0.2, -0.15) is 0 Å². The zero-order valence-electron chi connectivity index (χ0n) is 26.9. The van der Waals surface area contributed by atoms with Crippen molar-refractivity contribution in [3.63, 3.8) is 0 Å². The summed E-state index contributed by atoms with van der Waals surface area (Å²) in [6.45, 7) is 8.34. The molecular weight excluding hydrogens is 547 g/mol. The number of carbonyl (C=O) groups excluding carboxylic acids is 1. The smallest absolute Gasteiger partial charge is 0.338 e. The highest BCUT2D eigenvalue weighted by Gasteiger charge is 2.12. The molecule has 4 rings (SSSR count). The van der Waals surface area contributed by atoms with Gasteiger partial charge in [0, 0.05) is 29.0 Å². The monoisotopic (exact) mass is 597 g/mol. The highest BCUT2D eigenvalue weighted by Crippen LogP contribution is 2.37. The quantitative estimate of drug-likeness (QED) is 0.0844. The van der Waals surface area contributed by atoms with E-state index in [1.54, 1.807) is 0 Å². The Hall–Kier alpha value is -3.11. The van der Waals surface area contributed by atoms with Crippen LogP contribution in [0, 0.1) is 6.92 Å². The lowest BCUT2D eigenvalue weighted by atomic mass is 10.0. The number of ether oxygens (including phenoxy) is 1. The van der Waals surface area contributed by atoms with Crippen molar-refractivity contribution in [2.75, 3.05) is 25.1 Å². The summed E-state index contributed by atoms with van der Waals surface area (Å²) < 4.78 is 5.54. The average Bonchev–Trinajstić information content (AvgIpc) is 3.52. The highest BCUT2D eigenvalue weighted by atomic mass is 32.1. The molecule has 0 atom stereocenters. The third-order valence-electron chi connectivity index (χ3n) is 8.44. The molecule has 0 aliphatic carbocycles.